The molecule has 2 aliphatic heterocycles. The van der Waals surface area contributed by atoms with Crippen molar-refractivity contribution in [3.05, 3.63) is 45.0 Å². The SMILES string of the molecule is CC1(C)CC(CN2CCN(C(=O)OCc3ccc(Cl)cc3)C2=N[N+](=O)[O-])CO1. The lowest BCUT2D eigenvalue weighted by atomic mass is 9.97. The van der Waals surface area contributed by atoms with Crippen LogP contribution in [0.2, 0.25) is 5.02 Å². The van der Waals surface area contributed by atoms with Crippen molar-refractivity contribution >= 4 is 23.7 Å². The number of amides is 1. The number of ether oxygens (including phenoxy) is 2. The van der Waals surface area contributed by atoms with Gasteiger partial charge < -0.3 is 14.4 Å². The van der Waals surface area contributed by atoms with Gasteiger partial charge in [-0.1, -0.05) is 23.7 Å². The van der Waals surface area contributed by atoms with Crippen LogP contribution in [0.1, 0.15) is 25.8 Å². The van der Waals surface area contributed by atoms with Crippen molar-refractivity contribution in [2.24, 2.45) is 11.0 Å². The van der Waals surface area contributed by atoms with Crippen LogP contribution in [-0.4, -0.2) is 58.7 Å². The molecule has 9 nitrogen and oxygen atoms in total. The topological polar surface area (TPSA) is 97.5 Å². The highest BCUT2D eigenvalue weighted by molar-refractivity contribution is 6.30. The van der Waals surface area contributed by atoms with Crippen LogP contribution < -0.4 is 0 Å². The third-order valence-corrected chi connectivity index (χ3v) is 5.01. The van der Waals surface area contributed by atoms with E-state index >= 15 is 0 Å². The van der Waals surface area contributed by atoms with Crippen LogP contribution in [0.4, 0.5) is 4.79 Å². The van der Waals surface area contributed by atoms with E-state index < -0.39 is 11.1 Å². The average molecular weight is 411 g/mol. The van der Waals surface area contributed by atoms with Crippen LogP contribution in [0.3, 0.4) is 0 Å². The lowest BCUT2D eigenvalue weighted by Crippen LogP contribution is -2.40. The van der Waals surface area contributed by atoms with E-state index in [-0.39, 0.29) is 30.6 Å². The molecule has 0 bridgehead atoms. The Kier molecular flexibility index (Phi) is 6.04. The number of hydrazone groups is 1. The van der Waals surface area contributed by atoms with Crippen LogP contribution in [0, 0.1) is 16.0 Å². The highest BCUT2D eigenvalue weighted by Crippen LogP contribution is 2.30. The maximum atomic E-state index is 12.5. The Hall–Kier alpha value is -2.39. The zero-order chi connectivity index (χ0) is 20.3. The third kappa shape index (κ3) is 5.11. The standard InChI is InChI=1S/C18H23ClN4O5/c1-18(2)9-14(12-28-18)10-21-7-8-22(16(21)20-23(25)26)17(24)27-11-13-3-5-15(19)6-4-13/h3-6,14H,7-12H2,1-2H3. The van der Waals surface area contributed by atoms with Gasteiger partial charge in [0, 0.05) is 24.0 Å². The minimum atomic E-state index is -0.789. The number of hydrogen-bond acceptors (Lipinski definition) is 5. The summed E-state index contributed by atoms with van der Waals surface area (Å²) in [5, 5.41) is 14.2. The molecule has 2 saturated heterocycles. The van der Waals surface area contributed by atoms with Gasteiger partial charge in [0.2, 0.25) is 0 Å². The second-order valence-corrected chi connectivity index (χ2v) is 7.99. The summed E-state index contributed by atoms with van der Waals surface area (Å²) in [6, 6.07) is 6.90. The Balaban J connectivity index is 1.64. The summed E-state index contributed by atoms with van der Waals surface area (Å²) in [6.07, 6.45) is 0.178. The first-order chi connectivity index (χ1) is 13.2. The highest BCUT2D eigenvalue weighted by Gasteiger charge is 2.39. The molecule has 0 N–H and O–H groups in total. The van der Waals surface area contributed by atoms with Crippen molar-refractivity contribution in [2.75, 3.05) is 26.2 Å². The van der Waals surface area contributed by atoms with Crippen LogP contribution in [0.25, 0.3) is 0 Å². The van der Waals surface area contributed by atoms with Crippen molar-refractivity contribution in [3.63, 3.8) is 0 Å². The largest absolute Gasteiger partial charge is 0.444 e. The second-order valence-electron chi connectivity index (χ2n) is 7.56. The quantitative estimate of drug-likeness (QED) is 0.546. The number of carbonyl (C=O) groups excluding carboxylic acids is 1. The molecule has 1 atom stereocenters. The molecule has 3 rings (SSSR count). The van der Waals surface area contributed by atoms with Gasteiger partial charge in [-0.15, -0.1) is 0 Å². The van der Waals surface area contributed by atoms with E-state index in [0.717, 1.165) is 12.0 Å². The van der Waals surface area contributed by atoms with E-state index in [2.05, 4.69) is 5.10 Å². The van der Waals surface area contributed by atoms with E-state index in [0.29, 0.717) is 24.7 Å². The number of carbonyl (C=O) groups is 1. The zero-order valence-electron chi connectivity index (χ0n) is 15.8. The number of nitro groups is 1. The monoisotopic (exact) mass is 410 g/mol. The molecule has 0 saturated carbocycles. The normalized spacial score (nSPS) is 22.7. The molecule has 0 radical (unpaired) electrons. The van der Waals surface area contributed by atoms with Crippen molar-refractivity contribution < 1.29 is 19.3 Å². The maximum absolute atomic E-state index is 12.5. The molecule has 2 fully saturated rings. The van der Waals surface area contributed by atoms with Gasteiger partial charge in [-0.3, -0.25) is 0 Å². The van der Waals surface area contributed by atoms with Gasteiger partial charge >= 0.3 is 6.09 Å². The molecular formula is C18H23ClN4O5. The van der Waals surface area contributed by atoms with Crippen LogP contribution >= 0.6 is 11.6 Å². The minimum absolute atomic E-state index is 0.0100. The first-order valence-electron chi connectivity index (χ1n) is 9.04. The molecular weight excluding hydrogens is 388 g/mol. The predicted octanol–water partition coefficient (Wildman–Crippen LogP) is 2.96. The molecule has 2 heterocycles. The van der Waals surface area contributed by atoms with Crippen molar-refractivity contribution in [1.29, 1.82) is 0 Å². The molecule has 1 aromatic rings. The number of guanidine groups is 1. The summed E-state index contributed by atoms with van der Waals surface area (Å²) in [6.45, 7) is 5.94. The van der Waals surface area contributed by atoms with Crippen molar-refractivity contribution in [1.82, 2.24) is 9.80 Å². The number of benzene rings is 1. The Morgan fingerprint density at radius 2 is 2.11 bits per heavy atom. The van der Waals surface area contributed by atoms with Gasteiger partial charge in [-0.05, 0) is 38.0 Å². The Bertz CT molecular complexity index is 768. The van der Waals surface area contributed by atoms with Gasteiger partial charge in [0.05, 0.1) is 18.8 Å². The fraction of sp³-hybridized carbons (Fsp3) is 0.556. The molecule has 28 heavy (non-hydrogen) atoms. The van der Waals surface area contributed by atoms with Crippen molar-refractivity contribution in [2.45, 2.75) is 32.5 Å². The summed E-state index contributed by atoms with van der Waals surface area (Å²) >= 11 is 5.84. The van der Waals surface area contributed by atoms with E-state index in [1.807, 2.05) is 13.8 Å². The lowest BCUT2D eigenvalue weighted by Gasteiger charge is -2.22. The first kappa shape index (κ1) is 20.3. The second kappa shape index (κ2) is 8.32. The fourth-order valence-corrected chi connectivity index (χ4v) is 3.64. The molecule has 1 unspecified atom stereocenters. The Morgan fingerprint density at radius 3 is 2.71 bits per heavy atom. The number of hydrogen-bond donors (Lipinski definition) is 0. The predicted molar refractivity (Wildman–Crippen MR) is 102 cm³/mol. The molecule has 1 amide bonds. The van der Waals surface area contributed by atoms with Crippen LogP contribution in [0.5, 0.6) is 0 Å². The summed E-state index contributed by atoms with van der Waals surface area (Å²) in [4.78, 5) is 26.4. The minimum Gasteiger partial charge on any atom is -0.444 e. The molecule has 152 valence electrons. The van der Waals surface area contributed by atoms with E-state index in [4.69, 9.17) is 21.1 Å². The highest BCUT2D eigenvalue weighted by atomic mass is 35.5. The molecule has 2 aliphatic rings. The summed E-state index contributed by atoms with van der Waals surface area (Å²) < 4.78 is 11.0. The van der Waals surface area contributed by atoms with E-state index in [9.17, 15) is 14.9 Å². The molecule has 0 aliphatic carbocycles. The zero-order valence-corrected chi connectivity index (χ0v) is 16.6. The van der Waals surface area contributed by atoms with E-state index in [1.54, 1.807) is 29.2 Å². The molecule has 0 aromatic heterocycles. The Morgan fingerprint density at radius 1 is 1.39 bits per heavy atom. The number of rotatable bonds is 5. The summed E-state index contributed by atoms with van der Waals surface area (Å²) in [7, 11) is 0. The van der Waals surface area contributed by atoms with E-state index in [1.165, 1.54) is 4.90 Å². The van der Waals surface area contributed by atoms with Gasteiger partial charge in [0.15, 0.2) is 5.03 Å². The summed E-state index contributed by atoms with van der Waals surface area (Å²) in [5.74, 6) is 0.229. The smallest absolute Gasteiger partial charge is 0.417 e. The lowest BCUT2D eigenvalue weighted by molar-refractivity contribution is -0.486. The van der Waals surface area contributed by atoms with Crippen LogP contribution in [0.15, 0.2) is 29.4 Å². The van der Waals surface area contributed by atoms with Gasteiger partial charge in [0.1, 0.15) is 11.7 Å². The molecule has 0 spiro atoms. The molecule has 10 heteroatoms. The van der Waals surface area contributed by atoms with Gasteiger partial charge in [-0.25, -0.2) is 19.8 Å². The fourth-order valence-electron chi connectivity index (χ4n) is 3.52. The average Bonchev–Trinajstić information content (AvgIpc) is 3.17. The van der Waals surface area contributed by atoms with Crippen LogP contribution in [-0.2, 0) is 16.1 Å². The number of halogens is 1. The number of nitrogens with zero attached hydrogens (tertiary/aromatic N) is 4. The van der Waals surface area contributed by atoms with Gasteiger partial charge in [0.25, 0.3) is 5.96 Å². The van der Waals surface area contributed by atoms with Gasteiger partial charge in [-0.2, -0.15) is 0 Å². The maximum Gasteiger partial charge on any atom is 0.417 e. The summed E-state index contributed by atoms with van der Waals surface area (Å²) in [5.41, 5.74) is 0.564. The Labute approximate surface area is 168 Å². The molecule has 1 aromatic carbocycles. The van der Waals surface area contributed by atoms with Crippen molar-refractivity contribution in [3.8, 4) is 0 Å². The third-order valence-electron chi connectivity index (χ3n) is 4.75. The first-order valence-corrected chi connectivity index (χ1v) is 9.42.